The zero-order valence-electron chi connectivity index (χ0n) is 17.6. The van der Waals surface area contributed by atoms with E-state index >= 15 is 0 Å². The molecule has 4 aromatic rings. The van der Waals surface area contributed by atoms with Crippen molar-refractivity contribution in [3.05, 3.63) is 48.0 Å². The fourth-order valence-corrected chi connectivity index (χ4v) is 4.14. The molecule has 0 aromatic carbocycles. The first kappa shape index (κ1) is 19.3. The lowest BCUT2D eigenvalue weighted by Gasteiger charge is -2.20. The third-order valence-corrected chi connectivity index (χ3v) is 6.28. The molecule has 1 amide bonds. The van der Waals surface area contributed by atoms with Crippen LogP contribution in [0.4, 0.5) is 5.82 Å². The number of nitrogens with one attached hydrogen (secondary N) is 1. The summed E-state index contributed by atoms with van der Waals surface area (Å²) < 4.78 is 7.05. The van der Waals surface area contributed by atoms with Crippen molar-refractivity contribution in [2.75, 3.05) is 18.5 Å². The molecule has 0 unspecified atom stereocenters. The maximum absolute atomic E-state index is 12.2. The van der Waals surface area contributed by atoms with Crippen LogP contribution in [-0.4, -0.2) is 48.8 Å². The zero-order valence-corrected chi connectivity index (χ0v) is 17.6. The second-order valence-electron chi connectivity index (χ2n) is 8.63. The number of pyridine rings is 3. The molecule has 0 radical (unpaired) electrons. The number of aliphatic hydroxyl groups is 1. The predicted molar refractivity (Wildman–Crippen MR) is 117 cm³/mol. The van der Waals surface area contributed by atoms with E-state index < -0.39 is 5.60 Å². The molecule has 2 fully saturated rings. The van der Waals surface area contributed by atoms with Gasteiger partial charge in [-0.25, -0.2) is 14.5 Å². The van der Waals surface area contributed by atoms with Crippen LogP contribution in [0.1, 0.15) is 30.5 Å². The van der Waals surface area contributed by atoms with Gasteiger partial charge in [-0.05, 0) is 31.9 Å². The molecule has 1 aliphatic heterocycles. The van der Waals surface area contributed by atoms with Crippen LogP contribution in [-0.2, 0) is 15.1 Å². The Hall–Kier alpha value is -3.43. The summed E-state index contributed by atoms with van der Waals surface area (Å²) in [5.74, 6) is 1.13. The van der Waals surface area contributed by atoms with Crippen molar-refractivity contribution in [2.45, 2.75) is 31.8 Å². The Morgan fingerprint density at radius 2 is 2.12 bits per heavy atom. The van der Waals surface area contributed by atoms with Crippen molar-refractivity contribution in [1.29, 1.82) is 0 Å². The molecular weight excluding hydrogens is 408 g/mol. The highest BCUT2D eigenvalue weighted by molar-refractivity contribution is 5.99. The van der Waals surface area contributed by atoms with Gasteiger partial charge in [-0.2, -0.15) is 0 Å². The van der Waals surface area contributed by atoms with Crippen molar-refractivity contribution < 1.29 is 14.6 Å². The Labute approximate surface area is 183 Å². The molecule has 9 nitrogen and oxygen atoms in total. The maximum atomic E-state index is 12.2. The standard InChI is InChI=1S/C23H22N6O3/c1-13-17-9-25-19(26-22(30)14-2-3-14)8-16(17)18(10-24-13)21-27-20-5-4-15(11-29(20)28-21)23(31)6-7-32-12-23/h4-5,8-11,14,31H,2-3,6-7,12H2,1H3,(H,25,26,30)/t23-/m0/s1. The summed E-state index contributed by atoms with van der Waals surface area (Å²) in [7, 11) is 0. The molecule has 2 aliphatic rings. The highest BCUT2D eigenvalue weighted by Crippen LogP contribution is 2.33. The van der Waals surface area contributed by atoms with E-state index in [9.17, 15) is 9.90 Å². The third-order valence-electron chi connectivity index (χ3n) is 6.28. The number of amides is 1. The molecule has 0 bridgehead atoms. The van der Waals surface area contributed by atoms with Crippen LogP contribution in [0, 0.1) is 12.8 Å². The largest absolute Gasteiger partial charge is 0.383 e. The second-order valence-corrected chi connectivity index (χ2v) is 8.63. The number of hydrogen-bond donors (Lipinski definition) is 2. The van der Waals surface area contributed by atoms with Crippen LogP contribution in [0.2, 0.25) is 0 Å². The highest BCUT2D eigenvalue weighted by atomic mass is 16.5. The monoisotopic (exact) mass is 430 g/mol. The van der Waals surface area contributed by atoms with Crippen molar-refractivity contribution in [1.82, 2.24) is 24.6 Å². The Bertz CT molecular complexity index is 1370. The molecule has 1 atom stereocenters. The first-order valence-electron chi connectivity index (χ1n) is 10.7. The number of nitrogens with zero attached hydrogens (tertiary/aromatic N) is 5. The van der Waals surface area contributed by atoms with Gasteiger partial charge in [0.25, 0.3) is 0 Å². The maximum Gasteiger partial charge on any atom is 0.228 e. The minimum absolute atomic E-state index is 0.0105. The van der Waals surface area contributed by atoms with Gasteiger partial charge in [0.2, 0.25) is 5.91 Å². The average Bonchev–Trinajstić information content (AvgIpc) is 3.41. The summed E-state index contributed by atoms with van der Waals surface area (Å²) >= 11 is 0. The number of aryl methyl sites for hydroxylation is 1. The Morgan fingerprint density at radius 1 is 1.25 bits per heavy atom. The van der Waals surface area contributed by atoms with Crippen molar-refractivity contribution >= 4 is 28.1 Å². The van der Waals surface area contributed by atoms with Gasteiger partial charge < -0.3 is 15.2 Å². The van der Waals surface area contributed by atoms with E-state index in [1.165, 1.54) is 0 Å². The minimum Gasteiger partial charge on any atom is -0.383 e. The smallest absolute Gasteiger partial charge is 0.228 e. The average molecular weight is 430 g/mol. The summed E-state index contributed by atoms with van der Waals surface area (Å²) in [6.07, 6.45) is 7.69. The fraction of sp³-hybridized carbons (Fsp3) is 0.348. The molecule has 1 aliphatic carbocycles. The summed E-state index contributed by atoms with van der Waals surface area (Å²) in [4.78, 5) is 25.8. The van der Waals surface area contributed by atoms with Gasteiger partial charge in [0.05, 0.1) is 6.61 Å². The number of aromatic nitrogens is 5. The topological polar surface area (TPSA) is 115 Å². The highest BCUT2D eigenvalue weighted by Gasteiger charge is 2.34. The molecule has 2 N–H and O–H groups in total. The van der Waals surface area contributed by atoms with E-state index in [0.717, 1.165) is 40.4 Å². The number of fused-ring (bicyclic) bond motifs is 2. The fourth-order valence-electron chi connectivity index (χ4n) is 4.14. The van der Waals surface area contributed by atoms with Crippen LogP contribution in [0.5, 0.6) is 0 Å². The Kier molecular flexibility index (Phi) is 4.24. The van der Waals surface area contributed by atoms with Crippen LogP contribution in [0.3, 0.4) is 0 Å². The summed E-state index contributed by atoms with van der Waals surface area (Å²) in [6, 6.07) is 5.56. The molecule has 4 aromatic heterocycles. The van der Waals surface area contributed by atoms with E-state index in [1.54, 1.807) is 23.1 Å². The van der Waals surface area contributed by atoms with Gasteiger partial charge >= 0.3 is 0 Å². The Balaban J connectivity index is 1.43. The molecule has 5 heterocycles. The quantitative estimate of drug-likeness (QED) is 0.511. The molecule has 0 spiro atoms. The number of rotatable bonds is 4. The molecule has 6 rings (SSSR count). The number of anilines is 1. The number of carbonyl (C=O) groups excluding carboxylic acids is 1. The van der Waals surface area contributed by atoms with E-state index in [2.05, 4.69) is 25.4 Å². The van der Waals surface area contributed by atoms with Gasteiger partial charge in [0.1, 0.15) is 11.4 Å². The SMILES string of the molecule is Cc1ncc(-c2nc3ccc([C@]4(O)CCOC4)cn3n2)c2cc(NC(=O)C3CC3)ncc12. The molecule has 9 heteroatoms. The van der Waals surface area contributed by atoms with Crippen molar-refractivity contribution in [3.63, 3.8) is 0 Å². The molecule has 32 heavy (non-hydrogen) atoms. The van der Waals surface area contributed by atoms with Gasteiger partial charge in [-0.3, -0.25) is 9.78 Å². The Morgan fingerprint density at radius 3 is 2.91 bits per heavy atom. The summed E-state index contributed by atoms with van der Waals surface area (Å²) in [6.45, 7) is 2.73. The molecule has 1 saturated heterocycles. The number of carbonyl (C=O) groups is 1. The first-order valence-corrected chi connectivity index (χ1v) is 10.7. The molecule has 1 saturated carbocycles. The van der Waals surface area contributed by atoms with Gasteiger partial charge in [-0.1, -0.05) is 6.07 Å². The third kappa shape index (κ3) is 3.21. The van der Waals surface area contributed by atoms with E-state index in [4.69, 9.17) is 4.74 Å². The van der Waals surface area contributed by atoms with Crippen molar-refractivity contribution in [2.24, 2.45) is 5.92 Å². The molecular formula is C23H22N6O3. The van der Waals surface area contributed by atoms with Gasteiger partial charge in [0.15, 0.2) is 11.5 Å². The van der Waals surface area contributed by atoms with Gasteiger partial charge in [-0.15, -0.1) is 5.10 Å². The zero-order chi connectivity index (χ0) is 21.9. The van der Waals surface area contributed by atoms with E-state index in [0.29, 0.717) is 30.3 Å². The van der Waals surface area contributed by atoms with Crippen LogP contribution in [0.15, 0.2) is 36.8 Å². The first-order chi connectivity index (χ1) is 15.5. The van der Waals surface area contributed by atoms with Crippen LogP contribution in [0.25, 0.3) is 27.8 Å². The van der Waals surface area contributed by atoms with Gasteiger partial charge in [0, 0.05) is 65.1 Å². The van der Waals surface area contributed by atoms with Crippen LogP contribution >= 0.6 is 0 Å². The van der Waals surface area contributed by atoms with E-state index in [-0.39, 0.29) is 18.4 Å². The van der Waals surface area contributed by atoms with E-state index in [1.807, 2.05) is 25.1 Å². The lowest BCUT2D eigenvalue weighted by Crippen LogP contribution is -2.26. The predicted octanol–water partition coefficient (Wildman–Crippen LogP) is 2.60. The van der Waals surface area contributed by atoms with Crippen molar-refractivity contribution in [3.8, 4) is 11.4 Å². The lowest BCUT2D eigenvalue weighted by molar-refractivity contribution is -0.117. The number of ether oxygens (including phenoxy) is 1. The van der Waals surface area contributed by atoms with Crippen LogP contribution < -0.4 is 5.32 Å². The minimum atomic E-state index is -1.00. The normalized spacial score (nSPS) is 20.8. The lowest BCUT2D eigenvalue weighted by atomic mass is 9.95. The summed E-state index contributed by atoms with van der Waals surface area (Å²) in [5, 5.41) is 20.1. The second kappa shape index (κ2) is 7.04. The number of hydrogen-bond acceptors (Lipinski definition) is 7. The summed E-state index contributed by atoms with van der Waals surface area (Å²) in [5.41, 5.74) is 2.00. The molecule has 162 valence electrons.